The van der Waals surface area contributed by atoms with Gasteiger partial charge in [-0.15, -0.1) is 0 Å². The Morgan fingerprint density at radius 1 is 1.08 bits per heavy atom. The fourth-order valence-corrected chi connectivity index (χ4v) is 2.42. The lowest BCUT2D eigenvalue weighted by molar-refractivity contribution is -0.139. The maximum atomic E-state index is 12.4. The van der Waals surface area contributed by atoms with Crippen LogP contribution in [0.4, 0.5) is 0 Å². The lowest BCUT2D eigenvalue weighted by atomic mass is 10.0. The number of carboxylic acid groups (broad SMARTS) is 1. The van der Waals surface area contributed by atoms with E-state index in [1.807, 2.05) is 31.2 Å². The van der Waals surface area contributed by atoms with E-state index in [1.54, 1.807) is 0 Å². The van der Waals surface area contributed by atoms with Crippen molar-refractivity contribution < 1.29 is 24.2 Å². The SMILES string of the molecule is COC(=O)c1cccc(C(=O)N[C@@H](Cc2cccc(C)c2)C(=O)O)c1. The van der Waals surface area contributed by atoms with E-state index in [0.29, 0.717) is 0 Å². The van der Waals surface area contributed by atoms with E-state index in [0.717, 1.165) is 11.1 Å². The largest absolute Gasteiger partial charge is 0.480 e. The third-order valence-corrected chi connectivity index (χ3v) is 3.67. The van der Waals surface area contributed by atoms with Crippen LogP contribution in [0.15, 0.2) is 48.5 Å². The Kier molecular flexibility index (Phi) is 5.89. The zero-order valence-corrected chi connectivity index (χ0v) is 14.0. The average Bonchev–Trinajstić information content (AvgIpc) is 2.60. The van der Waals surface area contributed by atoms with Crippen molar-refractivity contribution in [2.45, 2.75) is 19.4 Å². The average molecular weight is 341 g/mol. The molecule has 2 N–H and O–H groups in total. The first-order chi connectivity index (χ1) is 11.9. The molecule has 0 fully saturated rings. The molecule has 6 nitrogen and oxygen atoms in total. The maximum Gasteiger partial charge on any atom is 0.337 e. The fraction of sp³-hybridized carbons (Fsp3) is 0.211. The summed E-state index contributed by atoms with van der Waals surface area (Å²) >= 11 is 0. The maximum absolute atomic E-state index is 12.4. The van der Waals surface area contributed by atoms with Crippen molar-refractivity contribution in [3.05, 3.63) is 70.8 Å². The summed E-state index contributed by atoms with van der Waals surface area (Å²) in [5, 5.41) is 11.9. The molecule has 0 aromatic heterocycles. The highest BCUT2D eigenvalue weighted by atomic mass is 16.5. The van der Waals surface area contributed by atoms with Crippen LogP contribution >= 0.6 is 0 Å². The summed E-state index contributed by atoms with van der Waals surface area (Å²) in [5.74, 6) is -2.26. The van der Waals surface area contributed by atoms with Crippen molar-refractivity contribution in [2.24, 2.45) is 0 Å². The lowest BCUT2D eigenvalue weighted by Crippen LogP contribution is -2.42. The van der Waals surface area contributed by atoms with E-state index < -0.39 is 23.9 Å². The second-order valence-electron chi connectivity index (χ2n) is 5.63. The Morgan fingerprint density at radius 2 is 1.76 bits per heavy atom. The van der Waals surface area contributed by atoms with Crippen molar-refractivity contribution in [3.8, 4) is 0 Å². The van der Waals surface area contributed by atoms with Gasteiger partial charge in [0, 0.05) is 12.0 Å². The van der Waals surface area contributed by atoms with Crippen LogP contribution in [-0.4, -0.2) is 36.1 Å². The molecule has 0 aliphatic carbocycles. The van der Waals surface area contributed by atoms with Crippen LogP contribution in [0.3, 0.4) is 0 Å². The normalized spacial score (nSPS) is 11.4. The molecule has 6 heteroatoms. The molecule has 0 heterocycles. The third kappa shape index (κ3) is 4.91. The molecular weight excluding hydrogens is 322 g/mol. The van der Waals surface area contributed by atoms with Gasteiger partial charge in [-0.1, -0.05) is 35.9 Å². The monoisotopic (exact) mass is 341 g/mol. The standard InChI is InChI=1S/C19H19NO5/c1-12-5-3-6-13(9-12)10-16(18(22)23)20-17(21)14-7-4-8-15(11-14)19(24)25-2/h3-9,11,16H,10H2,1-2H3,(H,20,21)(H,22,23)/t16-/m0/s1. The molecule has 2 aromatic carbocycles. The van der Waals surface area contributed by atoms with E-state index in [9.17, 15) is 19.5 Å². The summed E-state index contributed by atoms with van der Waals surface area (Å²) in [6.45, 7) is 1.91. The van der Waals surface area contributed by atoms with Gasteiger partial charge in [-0.3, -0.25) is 4.79 Å². The molecule has 1 amide bonds. The number of aliphatic carboxylic acids is 1. The van der Waals surface area contributed by atoms with E-state index in [-0.39, 0.29) is 17.5 Å². The van der Waals surface area contributed by atoms with Gasteiger partial charge < -0.3 is 15.2 Å². The van der Waals surface area contributed by atoms with Crippen LogP contribution in [-0.2, 0) is 16.0 Å². The van der Waals surface area contributed by atoms with Gasteiger partial charge in [0.05, 0.1) is 12.7 Å². The highest BCUT2D eigenvalue weighted by Crippen LogP contribution is 2.10. The van der Waals surface area contributed by atoms with Gasteiger partial charge in [0.15, 0.2) is 0 Å². The van der Waals surface area contributed by atoms with Crippen molar-refractivity contribution >= 4 is 17.8 Å². The van der Waals surface area contributed by atoms with Gasteiger partial charge in [0.2, 0.25) is 0 Å². The molecule has 0 bridgehead atoms. The summed E-state index contributed by atoms with van der Waals surface area (Å²) in [4.78, 5) is 35.4. The Balaban J connectivity index is 2.15. The van der Waals surface area contributed by atoms with E-state index in [4.69, 9.17) is 0 Å². The molecule has 0 unspecified atom stereocenters. The quantitative estimate of drug-likeness (QED) is 0.786. The molecular formula is C19H19NO5. The number of ether oxygens (including phenoxy) is 1. The van der Waals surface area contributed by atoms with Crippen LogP contribution in [0.5, 0.6) is 0 Å². The smallest absolute Gasteiger partial charge is 0.337 e. The molecule has 1 atom stereocenters. The van der Waals surface area contributed by atoms with Crippen molar-refractivity contribution in [1.29, 1.82) is 0 Å². The van der Waals surface area contributed by atoms with Crippen molar-refractivity contribution in [2.75, 3.05) is 7.11 Å². The Hall–Kier alpha value is -3.15. The van der Waals surface area contributed by atoms with Crippen molar-refractivity contribution in [1.82, 2.24) is 5.32 Å². The molecule has 0 spiro atoms. The number of aryl methyl sites for hydroxylation is 1. The molecule has 0 aliphatic heterocycles. The second kappa shape index (κ2) is 8.10. The first-order valence-electron chi connectivity index (χ1n) is 7.68. The van der Waals surface area contributed by atoms with Gasteiger partial charge in [0.1, 0.15) is 6.04 Å². The van der Waals surface area contributed by atoms with Crippen LogP contribution in [0.2, 0.25) is 0 Å². The molecule has 0 saturated heterocycles. The number of hydrogen-bond donors (Lipinski definition) is 2. The van der Waals surface area contributed by atoms with Gasteiger partial charge in [-0.2, -0.15) is 0 Å². The molecule has 0 saturated carbocycles. The zero-order chi connectivity index (χ0) is 18.4. The molecule has 0 aliphatic rings. The van der Waals surface area contributed by atoms with Crippen molar-refractivity contribution in [3.63, 3.8) is 0 Å². The Morgan fingerprint density at radius 3 is 2.40 bits per heavy atom. The van der Waals surface area contributed by atoms with E-state index in [2.05, 4.69) is 10.1 Å². The van der Waals surface area contributed by atoms with E-state index >= 15 is 0 Å². The summed E-state index contributed by atoms with van der Waals surface area (Å²) < 4.78 is 4.62. The zero-order valence-electron chi connectivity index (χ0n) is 14.0. The van der Waals surface area contributed by atoms with Crippen LogP contribution in [0.25, 0.3) is 0 Å². The number of esters is 1. The molecule has 25 heavy (non-hydrogen) atoms. The van der Waals surface area contributed by atoms with Gasteiger partial charge >= 0.3 is 11.9 Å². The van der Waals surface area contributed by atoms with Crippen LogP contribution in [0, 0.1) is 6.92 Å². The second-order valence-corrected chi connectivity index (χ2v) is 5.63. The molecule has 2 aromatic rings. The Labute approximate surface area is 145 Å². The number of rotatable bonds is 6. The Bertz CT molecular complexity index is 800. The molecule has 2 rings (SSSR count). The number of nitrogens with one attached hydrogen (secondary N) is 1. The predicted molar refractivity (Wildman–Crippen MR) is 91.6 cm³/mol. The summed E-state index contributed by atoms with van der Waals surface area (Å²) in [5.41, 5.74) is 2.24. The number of carboxylic acids is 1. The number of hydrogen-bond acceptors (Lipinski definition) is 4. The minimum atomic E-state index is -1.13. The minimum absolute atomic E-state index is 0.166. The number of methoxy groups -OCH3 is 1. The highest BCUT2D eigenvalue weighted by Gasteiger charge is 2.21. The number of benzene rings is 2. The third-order valence-electron chi connectivity index (χ3n) is 3.67. The summed E-state index contributed by atoms with van der Waals surface area (Å²) in [6.07, 6.45) is 0.166. The van der Waals surface area contributed by atoms with Crippen LogP contribution < -0.4 is 5.32 Å². The minimum Gasteiger partial charge on any atom is -0.480 e. The number of amides is 1. The highest BCUT2D eigenvalue weighted by molar-refractivity contribution is 5.99. The summed E-state index contributed by atoms with van der Waals surface area (Å²) in [7, 11) is 1.25. The number of carbonyl (C=O) groups is 3. The van der Waals surface area contributed by atoms with Gasteiger partial charge in [0.25, 0.3) is 5.91 Å². The molecule has 0 radical (unpaired) electrons. The lowest BCUT2D eigenvalue weighted by Gasteiger charge is -2.15. The van der Waals surface area contributed by atoms with Gasteiger partial charge in [-0.05, 0) is 30.7 Å². The van der Waals surface area contributed by atoms with Crippen LogP contribution in [0.1, 0.15) is 31.8 Å². The molecule has 130 valence electrons. The van der Waals surface area contributed by atoms with E-state index in [1.165, 1.54) is 31.4 Å². The predicted octanol–water partition coefficient (Wildman–Crippen LogP) is 2.21. The van der Waals surface area contributed by atoms with Gasteiger partial charge in [-0.25, -0.2) is 9.59 Å². The first kappa shape index (κ1) is 18.2. The number of carbonyl (C=O) groups excluding carboxylic acids is 2. The summed E-state index contributed by atoms with van der Waals surface area (Å²) in [6, 6.07) is 12.3. The topological polar surface area (TPSA) is 92.7 Å². The fourth-order valence-electron chi connectivity index (χ4n) is 2.42. The first-order valence-corrected chi connectivity index (χ1v) is 7.68.